The number of carbonyl (C=O) groups excluding carboxylic acids is 2. The van der Waals surface area contributed by atoms with Gasteiger partial charge in [0, 0.05) is 12.3 Å². The van der Waals surface area contributed by atoms with Crippen molar-refractivity contribution in [3.63, 3.8) is 0 Å². The number of halogens is 2. The van der Waals surface area contributed by atoms with Crippen LogP contribution in [0.5, 0.6) is 0 Å². The highest BCUT2D eigenvalue weighted by Crippen LogP contribution is 2.16. The van der Waals surface area contributed by atoms with E-state index in [4.69, 9.17) is 0 Å². The molecule has 20 heavy (non-hydrogen) atoms. The van der Waals surface area contributed by atoms with Gasteiger partial charge in [-0.05, 0) is 12.1 Å². The van der Waals surface area contributed by atoms with E-state index < -0.39 is 38.8 Å². The van der Waals surface area contributed by atoms with Crippen LogP contribution in [0.2, 0.25) is 0 Å². The van der Waals surface area contributed by atoms with Crippen LogP contribution in [0.15, 0.2) is 23.2 Å². The van der Waals surface area contributed by atoms with Crippen LogP contribution in [-0.4, -0.2) is 31.8 Å². The first kappa shape index (κ1) is 14.1. The second kappa shape index (κ2) is 4.96. The lowest BCUT2D eigenvalue weighted by Gasteiger charge is -2.16. The summed E-state index contributed by atoms with van der Waals surface area (Å²) in [7, 11) is -4.29. The van der Waals surface area contributed by atoms with E-state index in [1.165, 1.54) is 0 Å². The Hall–Kier alpha value is -2.36. The molecule has 3 amide bonds. The molecule has 1 aromatic rings. The van der Waals surface area contributed by atoms with Gasteiger partial charge >= 0.3 is 6.03 Å². The highest BCUT2D eigenvalue weighted by molar-refractivity contribution is 7.94. The van der Waals surface area contributed by atoms with Gasteiger partial charge in [0.15, 0.2) is 16.9 Å². The quantitative estimate of drug-likeness (QED) is 0.843. The third kappa shape index (κ3) is 2.79. The van der Waals surface area contributed by atoms with Gasteiger partial charge in [-0.15, -0.1) is 0 Å². The Morgan fingerprint density at radius 3 is 2.50 bits per heavy atom. The number of hydrogen-bond donors (Lipinski definition) is 2. The number of nitrogens with zero attached hydrogens (tertiary/aromatic N) is 1. The fraction of sp³-hybridized carbons (Fsp3) is 0.100. The summed E-state index contributed by atoms with van der Waals surface area (Å²) in [6.45, 7) is 0. The van der Waals surface area contributed by atoms with E-state index >= 15 is 0 Å². The van der Waals surface area contributed by atoms with Crippen molar-refractivity contribution in [1.29, 1.82) is 0 Å². The van der Waals surface area contributed by atoms with Crippen molar-refractivity contribution >= 4 is 33.9 Å². The molecule has 1 atom stereocenters. The topological polar surface area (TPSA) is 105 Å². The minimum absolute atomic E-state index is 0.262. The Labute approximate surface area is 111 Å². The number of benzene rings is 1. The van der Waals surface area contributed by atoms with E-state index in [-0.39, 0.29) is 5.69 Å². The zero-order valence-electron chi connectivity index (χ0n) is 9.63. The third-order valence-corrected chi connectivity index (χ3v) is 3.85. The number of amides is 3. The molecule has 0 fully saturated rings. The van der Waals surface area contributed by atoms with Crippen LogP contribution < -0.4 is 10.0 Å². The fourth-order valence-electron chi connectivity index (χ4n) is 1.42. The highest BCUT2D eigenvalue weighted by atomic mass is 32.2. The summed E-state index contributed by atoms with van der Waals surface area (Å²) >= 11 is 0. The van der Waals surface area contributed by atoms with Crippen LogP contribution in [0.1, 0.15) is 0 Å². The van der Waals surface area contributed by atoms with E-state index in [0.717, 1.165) is 12.1 Å². The number of urea groups is 1. The van der Waals surface area contributed by atoms with Crippen molar-refractivity contribution in [3.05, 3.63) is 29.8 Å². The van der Waals surface area contributed by atoms with Gasteiger partial charge in [0.2, 0.25) is 10.0 Å². The molecule has 0 radical (unpaired) electrons. The lowest BCUT2D eigenvalue weighted by Crippen LogP contribution is -2.48. The normalized spacial score (nSPS) is 18.8. The molecule has 1 unspecified atom stereocenters. The van der Waals surface area contributed by atoms with Crippen LogP contribution in [0.3, 0.4) is 0 Å². The zero-order valence-corrected chi connectivity index (χ0v) is 10.4. The molecule has 0 aromatic heterocycles. The number of anilines is 1. The number of carbonyl (C=O) groups is 2. The van der Waals surface area contributed by atoms with Crippen molar-refractivity contribution < 1.29 is 26.8 Å². The minimum Gasteiger partial charge on any atom is -0.282 e. The molecular formula is C10H7F2N3O4S. The molecule has 0 spiro atoms. The third-order valence-electron chi connectivity index (χ3n) is 2.33. The Kier molecular flexibility index (Phi) is 3.49. The maximum atomic E-state index is 13.0. The molecule has 7 nitrogen and oxygen atoms in total. The van der Waals surface area contributed by atoms with Crippen LogP contribution in [0.25, 0.3) is 0 Å². The average Bonchev–Trinajstić information content (AvgIpc) is 2.33. The predicted octanol–water partition coefficient (Wildman–Crippen LogP) is 0.396. The summed E-state index contributed by atoms with van der Waals surface area (Å²) in [5.41, 5.74) is -0.262. The summed E-state index contributed by atoms with van der Waals surface area (Å²) in [5, 5.41) is -0.0296. The lowest BCUT2D eigenvalue weighted by molar-refractivity contribution is -0.118. The molecule has 2 N–H and O–H groups in total. The summed E-state index contributed by atoms with van der Waals surface area (Å²) in [6, 6.07) is 1.36. The smallest absolute Gasteiger partial charge is 0.282 e. The predicted molar refractivity (Wildman–Crippen MR) is 64.7 cm³/mol. The Morgan fingerprint density at radius 1 is 1.20 bits per heavy atom. The molecule has 0 bridgehead atoms. The maximum absolute atomic E-state index is 13.0. The largest absolute Gasteiger partial charge is 0.347 e. The summed E-state index contributed by atoms with van der Waals surface area (Å²) in [4.78, 5) is 25.3. The van der Waals surface area contributed by atoms with E-state index in [2.05, 4.69) is 4.99 Å². The molecule has 2 rings (SSSR count). The number of imide groups is 1. The number of aliphatic imine (C=N–C) groups is 1. The first-order valence-electron chi connectivity index (χ1n) is 5.15. The number of hydrogen-bond acceptors (Lipinski definition) is 4. The van der Waals surface area contributed by atoms with Gasteiger partial charge in [-0.2, -0.15) is 0 Å². The number of rotatable bonds is 3. The van der Waals surface area contributed by atoms with Gasteiger partial charge in [0.25, 0.3) is 5.91 Å². The van der Waals surface area contributed by atoms with Crippen LogP contribution >= 0.6 is 0 Å². The first-order valence-corrected chi connectivity index (χ1v) is 6.70. The van der Waals surface area contributed by atoms with E-state index in [9.17, 15) is 26.8 Å². The van der Waals surface area contributed by atoms with Gasteiger partial charge < -0.3 is 0 Å². The fourth-order valence-corrected chi connectivity index (χ4v) is 2.56. The molecular weight excluding hydrogens is 296 g/mol. The monoisotopic (exact) mass is 303 g/mol. The molecule has 1 aromatic carbocycles. The van der Waals surface area contributed by atoms with E-state index in [1.807, 2.05) is 4.72 Å². The van der Waals surface area contributed by atoms with Crippen molar-refractivity contribution in [2.24, 2.45) is 4.99 Å². The van der Waals surface area contributed by atoms with Crippen molar-refractivity contribution in [3.8, 4) is 0 Å². The van der Waals surface area contributed by atoms with Gasteiger partial charge in [0.1, 0.15) is 0 Å². The lowest BCUT2D eigenvalue weighted by atomic mass is 10.3. The molecule has 106 valence electrons. The van der Waals surface area contributed by atoms with E-state index in [1.54, 1.807) is 5.32 Å². The highest BCUT2D eigenvalue weighted by Gasteiger charge is 2.35. The molecule has 0 saturated carbocycles. The summed E-state index contributed by atoms with van der Waals surface area (Å²) < 4.78 is 51.3. The van der Waals surface area contributed by atoms with Gasteiger partial charge in [0.05, 0.1) is 5.69 Å². The van der Waals surface area contributed by atoms with Crippen LogP contribution in [0, 0.1) is 11.6 Å². The number of nitrogens with one attached hydrogen (secondary N) is 2. The van der Waals surface area contributed by atoms with Crippen LogP contribution in [-0.2, 0) is 14.8 Å². The average molecular weight is 303 g/mol. The SMILES string of the molecule is O=C1N=CC(S(=O)(=O)Nc2ccc(F)c(F)c2)C(=O)N1. The summed E-state index contributed by atoms with van der Waals surface area (Å²) in [5.74, 6) is -3.47. The Bertz CT molecular complexity index is 717. The molecule has 1 heterocycles. The van der Waals surface area contributed by atoms with Crippen molar-refractivity contribution in [2.75, 3.05) is 4.72 Å². The zero-order chi connectivity index (χ0) is 14.9. The standard InChI is InChI=1S/C10H7F2N3O4S/c11-6-2-1-5(3-7(6)12)15-20(18,19)8-4-13-10(17)14-9(8)16/h1-4,8,15H,(H,14,16,17). The summed E-state index contributed by atoms with van der Waals surface area (Å²) in [6.07, 6.45) is 0.656. The number of sulfonamides is 1. The molecule has 1 aliphatic heterocycles. The molecule has 0 saturated heterocycles. The second-order valence-corrected chi connectivity index (χ2v) is 5.57. The van der Waals surface area contributed by atoms with Gasteiger partial charge in [-0.3, -0.25) is 14.8 Å². The first-order chi connectivity index (χ1) is 9.29. The molecule has 10 heteroatoms. The van der Waals surface area contributed by atoms with Gasteiger partial charge in [-0.1, -0.05) is 0 Å². The van der Waals surface area contributed by atoms with E-state index in [0.29, 0.717) is 12.3 Å². The minimum atomic E-state index is -4.29. The van der Waals surface area contributed by atoms with Crippen LogP contribution in [0.4, 0.5) is 19.3 Å². The molecule has 1 aliphatic rings. The van der Waals surface area contributed by atoms with Crippen molar-refractivity contribution in [1.82, 2.24) is 5.32 Å². The Morgan fingerprint density at radius 2 is 1.90 bits per heavy atom. The maximum Gasteiger partial charge on any atom is 0.347 e. The molecule has 0 aliphatic carbocycles. The second-order valence-electron chi connectivity index (χ2n) is 3.77. The Balaban J connectivity index is 2.27. The van der Waals surface area contributed by atoms with Gasteiger partial charge in [-0.25, -0.2) is 27.0 Å². The van der Waals surface area contributed by atoms with Crippen molar-refractivity contribution in [2.45, 2.75) is 5.25 Å².